The Kier molecular flexibility index (Phi) is 4.84. The van der Waals surface area contributed by atoms with Gasteiger partial charge in [-0.2, -0.15) is 25.8 Å². The van der Waals surface area contributed by atoms with Gasteiger partial charge in [0.05, 0.1) is 11.1 Å². The highest BCUT2D eigenvalue weighted by atomic mass is 32.1. The number of allylic oxidation sites excluding steroid dienone is 1. The molecule has 0 spiro atoms. The molecule has 0 atom stereocenters. The van der Waals surface area contributed by atoms with E-state index in [0.717, 1.165) is 12.1 Å². The van der Waals surface area contributed by atoms with Crippen molar-refractivity contribution < 1.29 is 23.1 Å². The minimum atomic E-state index is -4.54. The van der Waals surface area contributed by atoms with Crippen LogP contribution < -0.4 is 0 Å². The molecule has 98 valence electrons. The quantitative estimate of drug-likeness (QED) is 0.822. The number of rotatable bonds is 4. The molecule has 0 fully saturated rings. The van der Waals surface area contributed by atoms with Gasteiger partial charge < -0.3 is 5.11 Å². The number of hydrogen-bond donors (Lipinski definition) is 2. The van der Waals surface area contributed by atoms with E-state index in [9.17, 15) is 18.0 Å². The summed E-state index contributed by atoms with van der Waals surface area (Å²) in [5.74, 6) is -0.800. The second-order valence-corrected chi connectivity index (χ2v) is 3.97. The lowest BCUT2D eigenvalue weighted by Crippen LogP contribution is -2.08. The molecule has 1 rings (SSSR count). The summed E-state index contributed by atoms with van der Waals surface area (Å²) in [6.45, 7) is 0. The maximum Gasteiger partial charge on any atom is 0.416 e. The number of alkyl halides is 3. The van der Waals surface area contributed by atoms with E-state index >= 15 is 0 Å². The second-order valence-electron chi connectivity index (χ2n) is 3.52. The summed E-state index contributed by atoms with van der Waals surface area (Å²) in [4.78, 5) is 10.9. The lowest BCUT2D eigenvalue weighted by atomic mass is 10.0. The van der Waals surface area contributed by atoms with E-state index in [4.69, 9.17) is 5.11 Å². The highest BCUT2D eigenvalue weighted by Crippen LogP contribution is 2.30. The molecule has 0 aromatic heterocycles. The third kappa shape index (κ3) is 3.80. The number of benzene rings is 1. The standard InChI is InChI=1S/C12H11F3O2S/c13-12(14,15)9-5-4-8(3-1-2-6-18)10(7-9)11(16)17/h1,3-5,7,18H,2,6H2,(H,16,17). The van der Waals surface area contributed by atoms with Gasteiger partial charge >= 0.3 is 12.1 Å². The third-order valence-corrected chi connectivity index (χ3v) is 2.46. The molecule has 2 nitrogen and oxygen atoms in total. The van der Waals surface area contributed by atoms with E-state index in [-0.39, 0.29) is 11.1 Å². The maximum atomic E-state index is 12.4. The van der Waals surface area contributed by atoms with E-state index in [1.807, 2.05) is 0 Å². The second kappa shape index (κ2) is 5.95. The van der Waals surface area contributed by atoms with Crippen molar-refractivity contribution in [3.05, 3.63) is 41.0 Å². The zero-order valence-electron chi connectivity index (χ0n) is 9.24. The van der Waals surface area contributed by atoms with E-state index in [2.05, 4.69) is 12.6 Å². The number of carboxylic acid groups (broad SMARTS) is 1. The van der Waals surface area contributed by atoms with Crippen LogP contribution in [0.1, 0.15) is 27.9 Å². The monoisotopic (exact) mass is 276 g/mol. The largest absolute Gasteiger partial charge is 0.478 e. The minimum absolute atomic E-state index is 0.247. The molecular formula is C12H11F3O2S. The molecule has 0 heterocycles. The van der Waals surface area contributed by atoms with Crippen LogP contribution in [0.2, 0.25) is 0 Å². The summed E-state index contributed by atoms with van der Waals surface area (Å²) in [6.07, 6.45) is -0.775. The molecule has 1 N–H and O–H groups in total. The number of halogens is 3. The predicted molar refractivity (Wildman–Crippen MR) is 65.9 cm³/mol. The van der Waals surface area contributed by atoms with Crippen LogP contribution in [0.25, 0.3) is 6.08 Å². The lowest BCUT2D eigenvalue weighted by Gasteiger charge is -2.09. The molecule has 18 heavy (non-hydrogen) atoms. The van der Waals surface area contributed by atoms with Crippen molar-refractivity contribution in [3.8, 4) is 0 Å². The molecule has 0 unspecified atom stereocenters. The van der Waals surface area contributed by atoms with Gasteiger partial charge in [-0.15, -0.1) is 0 Å². The average Bonchev–Trinajstić information content (AvgIpc) is 2.28. The lowest BCUT2D eigenvalue weighted by molar-refractivity contribution is -0.137. The first-order valence-electron chi connectivity index (χ1n) is 5.08. The van der Waals surface area contributed by atoms with Crippen LogP contribution in [0.4, 0.5) is 13.2 Å². The Morgan fingerprint density at radius 2 is 2.06 bits per heavy atom. The molecule has 6 heteroatoms. The number of carboxylic acids is 1. The van der Waals surface area contributed by atoms with Crippen molar-refractivity contribution in [2.24, 2.45) is 0 Å². The van der Waals surface area contributed by atoms with Crippen LogP contribution in [-0.2, 0) is 6.18 Å². The van der Waals surface area contributed by atoms with E-state index in [1.54, 1.807) is 6.08 Å². The average molecular weight is 276 g/mol. The molecule has 1 aromatic rings. The summed E-state index contributed by atoms with van der Waals surface area (Å²) in [5, 5.41) is 8.90. The Balaban J connectivity index is 3.17. The molecule has 0 saturated heterocycles. The van der Waals surface area contributed by atoms with Gasteiger partial charge in [0.2, 0.25) is 0 Å². The Labute approximate surface area is 108 Å². The Morgan fingerprint density at radius 1 is 1.39 bits per heavy atom. The van der Waals surface area contributed by atoms with E-state index in [0.29, 0.717) is 18.2 Å². The highest BCUT2D eigenvalue weighted by Gasteiger charge is 2.31. The molecule has 1 aromatic carbocycles. The summed E-state index contributed by atoms with van der Waals surface area (Å²) < 4.78 is 37.3. The van der Waals surface area contributed by atoms with Crippen molar-refractivity contribution in [2.45, 2.75) is 12.6 Å². The number of thiol groups is 1. The fourth-order valence-electron chi connectivity index (χ4n) is 1.35. The minimum Gasteiger partial charge on any atom is -0.478 e. The molecule has 0 aliphatic heterocycles. The fraction of sp³-hybridized carbons (Fsp3) is 0.250. The third-order valence-electron chi connectivity index (χ3n) is 2.20. The summed E-state index contributed by atoms with van der Waals surface area (Å²) in [7, 11) is 0. The topological polar surface area (TPSA) is 37.3 Å². The van der Waals surface area contributed by atoms with Gasteiger partial charge in [0.1, 0.15) is 0 Å². The Hall–Kier alpha value is -1.43. The molecule has 0 saturated carbocycles. The highest BCUT2D eigenvalue weighted by molar-refractivity contribution is 7.80. The molecule has 0 radical (unpaired) electrons. The van der Waals surface area contributed by atoms with Crippen molar-refractivity contribution in [1.82, 2.24) is 0 Å². The maximum absolute atomic E-state index is 12.4. The van der Waals surface area contributed by atoms with Crippen LogP contribution in [-0.4, -0.2) is 16.8 Å². The zero-order chi connectivity index (χ0) is 13.8. The summed E-state index contributed by atoms with van der Waals surface area (Å²) in [6, 6.07) is 2.66. The van der Waals surface area contributed by atoms with Crippen LogP contribution in [0, 0.1) is 0 Å². The molecular weight excluding hydrogens is 265 g/mol. The van der Waals surface area contributed by atoms with Crippen molar-refractivity contribution >= 4 is 24.7 Å². The first-order chi connectivity index (χ1) is 8.36. The van der Waals surface area contributed by atoms with Crippen LogP contribution >= 0.6 is 12.6 Å². The smallest absolute Gasteiger partial charge is 0.416 e. The van der Waals surface area contributed by atoms with E-state index < -0.39 is 17.7 Å². The van der Waals surface area contributed by atoms with E-state index in [1.165, 1.54) is 6.08 Å². The summed E-state index contributed by atoms with van der Waals surface area (Å²) >= 11 is 3.97. The van der Waals surface area contributed by atoms with Gasteiger partial charge in [-0.3, -0.25) is 0 Å². The Morgan fingerprint density at radius 3 is 2.56 bits per heavy atom. The number of aromatic carboxylic acids is 1. The number of hydrogen-bond acceptors (Lipinski definition) is 2. The van der Waals surface area contributed by atoms with Crippen molar-refractivity contribution in [2.75, 3.05) is 5.75 Å². The van der Waals surface area contributed by atoms with Crippen molar-refractivity contribution in [3.63, 3.8) is 0 Å². The fourth-order valence-corrected chi connectivity index (χ4v) is 1.50. The number of carbonyl (C=O) groups is 1. The van der Waals surface area contributed by atoms with Gasteiger partial charge in [0.25, 0.3) is 0 Å². The van der Waals surface area contributed by atoms with Gasteiger partial charge in [0, 0.05) is 0 Å². The zero-order valence-corrected chi connectivity index (χ0v) is 10.1. The van der Waals surface area contributed by atoms with Gasteiger partial charge in [-0.25, -0.2) is 4.79 Å². The van der Waals surface area contributed by atoms with Crippen LogP contribution in [0.3, 0.4) is 0 Å². The Bertz CT molecular complexity index is 467. The summed E-state index contributed by atoms with van der Waals surface area (Å²) in [5.41, 5.74) is -1.08. The van der Waals surface area contributed by atoms with Gasteiger partial charge in [-0.05, 0) is 29.9 Å². The van der Waals surface area contributed by atoms with Crippen molar-refractivity contribution in [1.29, 1.82) is 0 Å². The normalized spacial score (nSPS) is 12.0. The van der Waals surface area contributed by atoms with Crippen LogP contribution in [0.5, 0.6) is 0 Å². The SMILES string of the molecule is O=C(O)c1cc(C(F)(F)F)ccc1C=CCCS. The first-order valence-corrected chi connectivity index (χ1v) is 5.71. The molecule has 0 amide bonds. The van der Waals surface area contributed by atoms with Gasteiger partial charge in [0.15, 0.2) is 0 Å². The first kappa shape index (κ1) is 14.6. The van der Waals surface area contributed by atoms with Gasteiger partial charge in [-0.1, -0.05) is 18.2 Å². The molecule has 0 aliphatic carbocycles. The predicted octanol–water partition coefficient (Wildman–Crippen LogP) is 3.74. The molecule has 0 aliphatic rings. The molecule has 0 bridgehead atoms. The van der Waals surface area contributed by atoms with Crippen LogP contribution in [0.15, 0.2) is 24.3 Å².